The first-order valence-corrected chi connectivity index (χ1v) is 5.22. The lowest BCUT2D eigenvalue weighted by atomic mass is 9.87. The number of nitrogens with one attached hydrogen (secondary N) is 1. The van der Waals surface area contributed by atoms with Crippen LogP contribution >= 0.6 is 0 Å². The molecule has 13 heavy (non-hydrogen) atoms. The van der Waals surface area contributed by atoms with Crippen molar-refractivity contribution < 1.29 is 5.11 Å². The highest BCUT2D eigenvalue weighted by Gasteiger charge is 2.19. The van der Waals surface area contributed by atoms with Gasteiger partial charge in [0.25, 0.3) is 0 Å². The maximum absolute atomic E-state index is 9.27. The highest BCUT2D eigenvalue weighted by Crippen LogP contribution is 2.20. The summed E-state index contributed by atoms with van der Waals surface area (Å²) in [6.07, 6.45) is 0.661. The van der Waals surface area contributed by atoms with E-state index in [4.69, 9.17) is 0 Å². The Bertz CT molecular complexity index is 130. The van der Waals surface area contributed by atoms with Gasteiger partial charge < -0.3 is 10.4 Å². The zero-order chi connectivity index (χ0) is 10.5. The van der Waals surface area contributed by atoms with Crippen LogP contribution in [0.15, 0.2) is 0 Å². The number of aliphatic hydroxyl groups is 1. The van der Waals surface area contributed by atoms with E-state index >= 15 is 0 Å². The summed E-state index contributed by atoms with van der Waals surface area (Å²) in [5.74, 6) is 0.697. The lowest BCUT2D eigenvalue weighted by Gasteiger charge is -2.26. The summed E-state index contributed by atoms with van der Waals surface area (Å²) in [5, 5.41) is 12.7. The molecule has 2 N–H and O–H groups in total. The molecule has 0 aliphatic rings. The fourth-order valence-corrected chi connectivity index (χ4v) is 1.57. The highest BCUT2D eigenvalue weighted by atomic mass is 16.3. The molecule has 0 saturated heterocycles. The zero-order valence-corrected chi connectivity index (χ0v) is 9.72. The van der Waals surface area contributed by atoms with Gasteiger partial charge in [0.1, 0.15) is 0 Å². The van der Waals surface area contributed by atoms with Crippen LogP contribution in [-0.4, -0.2) is 24.3 Å². The minimum Gasteiger partial charge on any atom is -0.393 e. The molecular weight excluding hydrogens is 162 g/mol. The maximum Gasteiger partial charge on any atom is 0.0517 e. The van der Waals surface area contributed by atoms with Crippen molar-refractivity contribution in [1.82, 2.24) is 5.32 Å². The van der Waals surface area contributed by atoms with Gasteiger partial charge in [-0.3, -0.25) is 0 Å². The third-order valence-electron chi connectivity index (χ3n) is 2.00. The summed E-state index contributed by atoms with van der Waals surface area (Å²) in [4.78, 5) is 0. The van der Waals surface area contributed by atoms with E-state index in [0.717, 1.165) is 19.5 Å². The average molecular weight is 187 g/mol. The Hall–Kier alpha value is -0.0800. The molecule has 0 heterocycles. The van der Waals surface area contributed by atoms with Crippen LogP contribution in [0.4, 0.5) is 0 Å². The largest absolute Gasteiger partial charge is 0.393 e. The highest BCUT2D eigenvalue weighted by molar-refractivity contribution is 4.74. The van der Waals surface area contributed by atoms with E-state index in [1.54, 1.807) is 0 Å². The Kier molecular flexibility index (Phi) is 5.57. The van der Waals surface area contributed by atoms with E-state index in [1.807, 2.05) is 6.92 Å². The van der Waals surface area contributed by atoms with Gasteiger partial charge in [-0.1, -0.05) is 27.7 Å². The van der Waals surface area contributed by atoms with Crippen molar-refractivity contribution in [3.63, 3.8) is 0 Å². The number of aliphatic hydroxyl groups excluding tert-OH is 1. The second-order valence-electron chi connectivity index (χ2n) is 5.24. The van der Waals surface area contributed by atoms with Gasteiger partial charge in [0.15, 0.2) is 0 Å². The molecule has 0 bridgehead atoms. The van der Waals surface area contributed by atoms with E-state index < -0.39 is 0 Å². The normalized spacial score (nSPS) is 15.0. The van der Waals surface area contributed by atoms with Gasteiger partial charge in [-0.2, -0.15) is 0 Å². The Morgan fingerprint density at radius 2 is 1.77 bits per heavy atom. The molecule has 1 atom stereocenters. The predicted octanol–water partition coefficient (Wildman–Crippen LogP) is 2.03. The average Bonchev–Trinajstić information content (AvgIpc) is 1.81. The Morgan fingerprint density at radius 3 is 2.15 bits per heavy atom. The third kappa shape index (κ3) is 8.26. The molecule has 0 spiro atoms. The molecule has 0 radical (unpaired) electrons. The fourth-order valence-electron chi connectivity index (χ4n) is 1.57. The monoisotopic (exact) mass is 187 g/mol. The molecule has 2 nitrogen and oxygen atoms in total. The molecule has 0 fully saturated rings. The van der Waals surface area contributed by atoms with Gasteiger partial charge >= 0.3 is 0 Å². The summed E-state index contributed by atoms with van der Waals surface area (Å²) in [6.45, 7) is 12.7. The van der Waals surface area contributed by atoms with E-state index in [0.29, 0.717) is 5.92 Å². The summed E-state index contributed by atoms with van der Waals surface area (Å²) >= 11 is 0. The minimum absolute atomic E-state index is 0.197. The number of hydrogen-bond donors (Lipinski definition) is 2. The summed E-state index contributed by atoms with van der Waals surface area (Å²) in [5.41, 5.74) is 0.197. The number of hydrogen-bond acceptors (Lipinski definition) is 2. The summed E-state index contributed by atoms with van der Waals surface area (Å²) in [7, 11) is 0. The van der Waals surface area contributed by atoms with Crippen molar-refractivity contribution in [3.05, 3.63) is 0 Å². The molecule has 0 aromatic rings. The second kappa shape index (κ2) is 5.61. The van der Waals surface area contributed by atoms with Gasteiger partial charge in [-0.05, 0) is 31.2 Å². The zero-order valence-electron chi connectivity index (χ0n) is 9.72. The van der Waals surface area contributed by atoms with Crippen LogP contribution < -0.4 is 5.32 Å². The lowest BCUT2D eigenvalue weighted by Crippen LogP contribution is -2.33. The van der Waals surface area contributed by atoms with Crippen molar-refractivity contribution in [2.45, 2.75) is 47.1 Å². The molecule has 0 aromatic carbocycles. The van der Waals surface area contributed by atoms with Crippen molar-refractivity contribution in [3.8, 4) is 0 Å². The number of rotatable bonds is 6. The minimum atomic E-state index is -0.198. The van der Waals surface area contributed by atoms with Crippen molar-refractivity contribution in [2.24, 2.45) is 11.3 Å². The van der Waals surface area contributed by atoms with Crippen LogP contribution in [0.2, 0.25) is 0 Å². The Balaban J connectivity index is 3.62. The molecule has 2 heteroatoms. The van der Waals surface area contributed by atoms with Crippen LogP contribution in [0.3, 0.4) is 0 Å². The predicted molar refractivity (Wildman–Crippen MR) is 57.8 cm³/mol. The van der Waals surface area contributed by atoms with Crippen molar-refractivity contribution >= 4 is 0 Å². The van der Waals surface area contributed by atoms with Gasteiger partial charge in [0.05, 0.1) is 6.10 Å². The fraction of sp³-hybridized carbons (Fsp3) is 1.00. The van der Waals surface area contributed by atoms with E-state index in [9.17, 15) is 5.11 Å². The van der Waals surface area contributed by atoms with Gasteiger partial charge in [0, 0.05) is 6.54 Å². The Labute approximate surface area is 82.7 Å². The van der Waals surface area contributed by atoms with Crippen LogP contribution in [0.1, 0.15) is 41.0 Å². The smallest absolute Gasteiger partial charge is 0.0517 e. The lowest BCUT2D eigenvalue weighted by molar-refractivity contribution is 0.128. The van der Waals surface area contributed by atoms with Crippen molar-refractivity contribution in [1.29, 1.82) is 0 Å². The topological polar surface area (TPSA) is 32.3 Å². The Morgan fingerprint density at radius 1 is 1.23 bits per heavy atom. The standard InChI is InChI=1S/C11H25NO/c1-9(2)7-12-8-11(4,5)6-10(3)13/h9-10,12-13H,6-8H2,1-5H3. The third-order valence-corrected chi connectivity index (χ3v) is 2.00. The molecule has 0 aliphatic carbocycles. The van der Waals surface area contributed by atoms with Gasteiger partial charge in [-0.15, -0.1) is 0 Å². The quantitative estimate of drug-likeness (QED) is 0.667. The van der Waals surface area contributed by atoms with Crippen molar-refractivity contribution in [2.75, 3.05) is 13.1 Å². The van der Waals surface area contributed by atoms with Gasteiger partial charge in [0.2, 0.25) is 0 Å². The first-order chi connectivity index (χ1) is 5.83. The van der Waals surface area contributed by atoms with E-state index in [1.165, 1.54) is 0 Å². The summed E-state index contributed by atoms with van der Waals surface area (Å²) in [6, 6.07) is 0. The van der Waals surface area contributed by atoms with Crippen LogP contribution in [0.25, 0.3) is 0 Å². The van der Waals surface area contributed by atoms with Crippen LogP contribution in [-0.2, 0) is 0 Å². The summed E-state index contributed by atoms with van der Waals surface area (Å²) < 4.78 is 0. The molecule has 80 valence electrons. The van der Waals surface area contributed by atoms with Crippen LogP contribution in [0.5, 0.6) is 0 Å². The SMILES string of the molecule is CC(C)CNCC(C)(C)CC(C)O. The second-order valence-corrected chi connectivity index (χ2v) is 5.24. The molecule has 1 unspecified atom stereocenters. The van der Waals surface area contributed by atoms with Crippen LogP contribution in [0, 0.1) is 11.3 Å². The molecular formula is C11H25NO. The molecule has 0 aromatic heterocycles. The molecule has 0 aliphatic heterocycles. The van der Waals surface area contributed by atoms with E-state index in [-0.39, 0.29) is 11.5 Å². The molecule has 0 rings (SSSR count). The maximum atomic E-state index is 9.27. The van der Waals surface area contributed by atoms with Gasteiger partial charge in [-0.25, -0.2) is 0 Å². The van der Waals surface area contributed by atoms with E-state index in [2.05, 4.69) is 33.0 Å². The first kappa shape index (κ1) is 12.9. The molecule has 0 amide bonds. The molecule has 0 saturated carbocycles. The first-order valence-electron chi connectivity index (χ1n) is 5.22.